The van der Waals surface area contributed by atoms with Crippen LogP contribution in [0.2, 0.25) is 0 Å². The average Bonchev–Trinajstić information content (AvgIpc) is 2.88. The summed E-state index contributed by atoms with van der Waals surface area (Å²) >= 11 is 4.31. The predicted molar refractivity (Wildman–Crippen MR) is 96.5 cm³/mol. The number of anilines is 1. The van der Waals surface area contributed by atoms with Crippen LogP contribution in [-0.2, 0) is 14.8 Å². The van der Waals surface area contributed by atoms with E-state index in [-0.39, 0.29) is 10.8 Å². The Kier molecular flexibility index (Phi) is 5.61. The molecule has 0 spiro atoms. The van der Waals surface area contributed by atoms with Crippen LogP contribution >= 0.6 is 27.3 Å². The molecule has 0 saturated carbocycles. The minimum Gasteiger partial charge on any atom is -0.324 e. The normalized spacial score (nSPS) is 11.5. The zero-order valence-corrected chi connectivity index (χ0v) is 16.2. The van der Waals surface area contributed by atoms with Gasteiger partial charge < -0.3 is 5.32 Å². The summed E-state index contributed by atoms with van der Waals surface area (Å²) < 4.78 is 27.4. The van der Waals surface area contributed by atoms with Crippen molar-refractivity contribution in [3.05, 3.63) is 44.7 Å². The molecule has 0 unspecified atom stereocenters. The Morgan fingerprint density at radius 3 is 2.30 bits per heavy atom. The summed E-state index contributed by atoms with van der Waals surface area (Å²) in [5, 5.41) is 2.76. The number of thiophene rings is 1. The van der Waals surface area contributed by atoms with Gasteiger partial charge in [0.25, 0.3) is 10.0 Å². The van der Waals surface area contributed by atoms with Gasteiger partial charge in [-0.25, -0.2) is 13.1 Å². The van der Waals surface area contributed by atoms with Gasteiger partial charge in [0.15, 0.2) is 0 Å². The van der Waals surface area contributed by atoms with Crippen molar-refractivity contribution in [1.29, 1.82) is 0 Å². The van der Waals surface area contributed by atoms with Crippen LogP contribution in [0.5, 0.6) is 0 Å². The number of aryl methyl sites for hydroxylation is 3. The molecule has 0 fully saturated rings. The SMILES string of the molecule is Cc1cc(C)c(NC(=O)CNS(=O)(=O)c2ccc(Br)s2)c(C)c1. The number of hydrogen-bond acceptors (Lipinski definition) is 4. The summed E-state index contributed by atoms with van der Waals surface area (Å²) in [6.07, 6.45) is 0. The van der Waals surface area contributed by atoms with Crippen molar-refractivity contribution in [1.82, 2.24) is 4.72 Å². The fourth-order valence-electron chi connectivity index (χ4n) is 2.23. The molecule has 1 aromatic carbocycles. The highest BCUT2D eigenvalue weighted by molar-refractivity contribution is 9.11. The molecular weight excluding hydrogens is 400 g/mol. The minimum absolute atomic E-state index is 0.167. The Balaban J connectivity index is 2.04. The molecule has 2 aromatic rings. The lowest BCUT2D eigenvalue weighted by Gasteiger charge is -2.13. The largest absolute Gasteiger partial charge is 0.324 e. The highest BCUT2D eigenvalue weighted by Crippen LogP contribution is 2.26. The van der Waals surface area contributed by atoms with E-state index in [1.807, 2.05) is 32.9 Å². The van der Waals surface area contributed by atoms with Crippen LogP contribution in [0.1, 0.15) is 16.7 Å². The maximum atomic E-state index is 12.1. The van der Waals surface area contributed by atoms with Crippen LogP contribution in [0.25, 0.3) is 0 Å². The molecular formula is C15H17BrN2O3S2. The summed E-state index contributed by atoms with van der Waals surface area (Å²) in [6.45, 7) is 5.48. The highest BCUT2D eigenvalue weighted by Gasteiger charge is 2.18. The molecule has 0 aliphatic heterocycles. The van der Waals surface area contributed by atoms with E-state index < -0.39 is 15.9 Å². The van der Waals surface area contributed by atoms with Crippen molar-refractivity contribution in [3.63, 3.8) is 0 Å². The van der Waals surface area contributed by atoms with E-state index in [9.17, 15) is 13.2 Å². The number of amides is 1. The van der Waals surface area contributed by atoms with Crippen LogP contribution in [0.4, 0.5) is 5.69 Å². The summed E-state index contributed by atoms with van der Waals surface area (Å²) in [5.41, 5.74) is 3.72. The second kappa shape index (κ2) is 7.12. The Morgan fingerprint density at radius 1 is 1.17 bits per heavy atom. The van der Waals surface area contributed by atoms with E-state index in [2.05, 4.69) is 26.0 Å². The lowest BCUT2D eigenvalue weighted by molar-refractivity contribution is -0.115. The predicted octanol–water partition coefficient (Wildman–Crippen LogP) is 3.35. The first-order chi connectivity index (χ1) is 10.7. The molecule has 8 heteroatoms. The van der Waals surface area contributed by atoms with Crippen molar-refractivity contribution < 1.29 is 13.2 Å². The van der Waals surface area contributed by atoms with Crippen LogP contribution in [-0.4, -0.2) is 20.9 Å². The Morgan fingerprint density at radius 2 is 1.78 bits per heavy atom. The van der Waals surface area contributed by atoms with Gasteiger partial charge in [0, 0.05) is 5.69 Å². The van der Waals surface area contributed by atoms with Gasteiger partial charge in [-0.3, -0.25) is 4.79 Å². The first-order valence-corrected chi connectivity index (χ1v) is 9.91. The van der Waals surface area contributed by atoms with Gasteiger partial charge >= 0.3 is 0 Å². The fourth-order valence-corrected chi connectivity index (χ4v) is 5.27. The molecule has 1 aromatic heterocycles. The summed E-state index contributed by atoms with van der Waals surface area (Å²) in [5.74, 6) is -0.403. The topological polar surface area (TPSA) is 75.3 Å². The Labute approximate surface area is 148 Å². The van der Waals surface area contributed by atoms with E-state index in [1.165, 1.54) is 6.07 Å². The number of sulfonamides is 1. The summed E-state index contributed by atoms with van der Waals surface area (Å²) in [7, 11) is -3.68. The molecule has 1 heterocycles. The third-order valence-corrected chi connectivity index (χ3v) is 6.69. The average molecular weight is 417 g/mol. The third kappa shape index (κ3) is 4.63. The van der Waals surface area contributed by atoms with Crippen molar-refractivity contribution in [3.8, 4) is 0 Å². The summed E-state index contributed by atoms with van der Waals surface area (Å²) in [6, 6.07) is 7.08. The van der Waals surface area contributed by atoms with Crippen molar-refractivity contribution in [2.75, 3.05) is 11.9 Å². The number of carbonyl (C=O) groups is 1. The van der Waals surface area contributed by atoms with Crippen molar-refractivity contribution in [2.45, 2.75) is 25.0 Å². The second-order valence-electron chi connectivity index (χ2n) is 5.20. The zero-order chi connectivity index (χ0) is 17.2. The molecule has 2 N–H and O–H groups in total. The number of carbonyl (C=O) groups excluding carboxylic acids is 1. The number of rotatable bonds is 5. The third-order valence-electron chi connectivity index (χ3n) is 3.18. The van der Waals surface area contributed by atoms with E-state index in [0.717, 1.165) is 33.7 Å². The quantitative estimate of drug-likeness (QED) is 0.784. The van der Waals surface area contributed by atoms with Crippen molar-refractivity contribution in [2.24, 2.45) is 0 Å². The van der Waals surface area contributed by atoms with E-state index in [0.29, 0.717) is 3.79 Å². The molecule has 1 amide bonds. The zero-order valence-electron chi connectivity index (χ0n) is 12.9. The Hall–Kier alpha value is -1.22. The fraction of sp³-hybridized carbons (Fsp3) is 0.267. The smallest absolute Gasteiger partial charge is 0.250 e. The van der Waals surface area contributed by atoms with Gasteiger partial charge in [0.1, 0.15) is 4.21 Å². The van der Waals surface area contributed by atoms with Crippen LogP contribution in [0.15, 0.2) is 32.3 Å². The highest BCUT2D eigenvalue weighted by atomic mass is 79.9. The lowest BCUT2D eigenvalue weighted by Crippen LogP contribution is -2.32. The van der Waals surface area contributed by atoms with Gasteiger partial charge in [-0.2, -0.15) is 0 Å². The first-order valence-electron chi connectivity index (χ1n) is 6.82. The summed E-state index contributed by atoms with van der Waals surface area (Å²) in [4.78, 5) is 12.0. The maximum absolute atomic E-state index is 12.1. The maximum Gasteiger partial charge on any atom is 0.250 e. The molecule has 5 nitrogen and oxygen atoms in total. The van der Waals surface area contributed by atoms with E-state index in [1.54, 1.807) is 6.07 Å². The van der Waals surface area contributed by atoms with Crippen molar-refractivity contribution >= 4 is 48.9 Å². The van der Waals surface area contributed by atoms with E-state index in [4.69, 9.17) is 0 Å². The molecule has 2 rings (SSSR count). The van der Waals surface area contributed by atoms with E-state index >= 15 is 0 Å². The first kappa shape index (κ1) is 18.1. The van der Waals surface area contributed by atoms with Crippen LogP contribution in [0, 0.1) is 20.8 Å². The molecule has 0 bridgehead atoms. The van der Waals surface area contributed by atoms with Gasteiger partial charge in [-0.1, -0.05) is 17.7 Å². The van der Waals surface area contributed by atoms with Gasteiger partial charge in [0.2, 0.25) is 5.91 Å². The molecule has 0 aliphatic carbocycles. The number of halogens is 1. The lowest BCUT2D eigenvalue weighted by atomic mass is 10.1. The molecule has 124 valence electrons. The molecule has 23 heavy (non-hydrogen) atoms. The number of hydrogen-bond donors (Lipinski definition) is 2. The van der Waals surface area contributed by atoms with Crippen LogP contribution in [0.3, 0.4) is 0 Å². The molecule has 0 saturated heterocycles. The molecule has 0 radical (unpaired) electrons. The number of nitrogens with one attached hydrogen (secondary N) is 2. The molecule has 0 atom stereocenters. The second-order valence-corrected chi connectivity index (χ2v) is 9.66. The van der Waals surface area contributed by atoms with Gasteiger partial charge in [-0.05, 0) is 60.0 Å². The standard InChI is InChI=1S/C15H17BrN2O3S2/c1-9-6-10(2)15(11(3)7-9)18-13(19)8-17-23(20,21)14-5-4-12(16)22-14/h4-7,17H,8H2,1-3H3,(H,18,19). The van der Waals surface area contributed by atoms with Crippen LogP contribution < -0.4 is 10.0 Å². The van der Waals surface area contributed by atoms with Gasteiger partial charge in [0.05, 0.1) is 10.3 Å². The van der Waals surface area contributed by atoms with Gasteiger partial charge in [-0.15, -0.1) is 11.3 Å². The molecule has 0 aliphatic rings. The monoisotopic (exact) mass is 416 g/mol. The number of benzene rings is 1. The minimum atomic E-state index is -3.68. The Bertz CT molecular complexity index is 821.